The third-order valence-electron chi connectivity index (χ3n) is 4.99. The summed E-state index contributed by atoms with van der Waals surface area (Å²) in [5, 5.41) is 5.80. The number of amides is 2. The average Bonchev–Trinajstić information content (AvgIpc) is 2.74. The maximum atomic E-state index is 12.8. The number of hydrogen-bond acceptors (Lipinski definition) is 4. The molecule has 0 saturated carbocycles. The molecule has 0 radical (unpaired) electrons. The standard InChI is InChI=1S/C21H23Cl2N3O4S/c1-14-3-2-10-26(13-14)31(29,30)17-7-4-15(5-8-17)21(28)24-12-20(27)25-19-11-16(22)6-9-18(19)23/h4-9,11,14H,2-3,10,12-13H2,1H3,(H,24,28)(H,25,27)/t14-/m0/s1. The summed E-state index contributed by atoms with van der Waals surface area (Å²) >= 11 is 11.9. The van der Waals surface area contributed by atoms with Gasteiger partial charge in [0.15, 0.2) is 0 Å². The summed E-state index contributed by atoms with van der Waals surface area (Å²) < 4.78 is 27.1. The highest BCUT2D eigenvalue weighted by molar-refractivity contribution is 7.89. The molecule has 0 unspecified atom stereocenters. The molecular weight excluding hydrogens is 461 g/mol. The van der Waals surface area contributed by atoms with E-state index >= 15 is 0 Å². The SMILES string of the molecule is C[C@H]1CCCN(S(=O)(=O)c2ccc(C(=O)NCC(=O)Nc3cc(Cl)ccc3Cl)cc2)C1. The normalized spacial score (nSPS) is 17.2. The molecular formula is C21H23Cl2N3O4S. The highest BCUT2D eigenvalue weighted by Gasteiger charge is 2.28. The van der Waals surface area contributed by atoms with E-state index < -0.39 is 21.8 Å². The monoisotopic (exact) mass is 483 g/mol. The van der Waals surface area contributed by atoms with Crippen molar-refractivity contribution in [2.75, 3.05) is 25.0 Å². The van der Waals surface area contributed by atoms with Crippen molar-refractivity contribution in [2.45, 2.75) is 24.7 Å². The van der Waals surface area contributed by atoms with Crippen molar-refractivity contribution >= 4 is 50.7 Å². The first-order valence-corrected chi connectivity index (χ1v) is 12.0. The zero-order valence-corrected chi connectivity index (χ0v) is 19.2. The van der Waals surface area contributed by atoms with E-state index in [4.69, 9.17) is 23.2 Å². The zero-order valence-electron chi connectivity index (χ0n) is 16.9. The zero-order chi connectivity index (χ0) is 22.6. The molecule has 1 aliphatic rings. The lowest BCUT2D eigenvalue weighted by Gasteiger charge is -2.30. The van der Waals surface area contributed by atoms with Crippen LogP contribution in [0.1, 0.15) is 30.1 Å². The Morgan fingerprint density at radius 2 is 1.84 bits per heavy atom. The third kappa shape index (κ3) is 5.98. The van der Waals surface area contributed by atoms with E-state index in [1.165, 1.54) is 34.6 Å². The molecule has 0 aromatic heterocycles. The third-order valence-corrected chi connectivity index (χ3v) is 7.43. The van der Waals surface area contributed by atoms with E-state index in [0.717, 1.165) is 12.8 Å². The van der Waals surface area contributed by atoms with Gasteiger partial charge in [-0.15, -0.1) is 0 Å². The van der Waals surface area contributed by atoms with E-state index in [9.17, 15) is 18.0 Å². The molecule has 31 heavy (non-hydrogen) atoms. The predicted molar refractivity (Wildman–Crippen MR) is 121 cm³/mol. The smallest absolute Gasteiger partial charge is 0.251 e. The van der Waals surface area contributed by atoms with E-state index in [2.05, 4.69) is 10.6 Å². The number of piperidine rings is 1. The second kappa shape index (κ2) is 9.99. The first kappa shape index (κ1) is 23.5. The minimum atomic E-state index is -3.59. The molecule has 0 spiro atoms. The van der Waals surface area contributed by atoms with Crippen LogP contribution in [0.15, 0.2) is 47.4 Å². The number of rotatable bonds is 6. The number of halogens is 2. The van der Waals surface area contributed by atoms with Crippen LogP contribution in [0.25, 0.3) is 0 Å². The van der Waals surface area contributed by atoms with Gasteiger partial charge < -0.3 is 10.6 Å². The molecule has 7 nitrogen and oxygen atoms in total. The fourth-order valence-electron chi connectivity index (χ4n) is 3.34. The summed E-state index contributed by atoms with van der Waals surface area (Å²) in [6.45, 7) is 2.75. The molecule has 0 bridgehead atoms. The van der Waals surface area contributed by atoms with Gasteiger partial charge in [0.25, 0.3) is 5.91 Å². The average molecular weight is 484 g/mol. The molecule has 2 aromatic rings. The van der Waals surface area contributed by atoms with Gasteiger partial charge in [0.2, 0.25) is 15.9 Å². The molecule has 1 aliphatic heterocycles. The Bertz CT molecular complexity index is 1070. The van der Waals surface area contributed by atoms with Crippen molar-refractivity contribution in [2.24, 2.45) is 5.92 Å². The van der Waals surface area contributed by atoms with Crippen LogP contribution in [0, 0.1) is 5.92 Å². The predicted octanol–water partition coefficient (Wildman–Crippen LogP) is 3.78. The first-order chi connectivity index (χ1) is 14.7. The number of carbonyl (C=O) groups is 2. The van der Waals surface area contributed by atoms with Crippen molar-refractivity contribution in [3.8, 4) is 0 Å². The molecule has 1 saturated heterocycles. The van der Waals surface area contributed by atoms with Crippen LogP contribution < -0.4 is 10.6 Å². The number of carbonyl (C=O) groups excluding carboxylic acids is 2. The van der Waals surface area contributed by atoms with Gasteiger partial charge in [0, 0.05) is 23.7 Å². The minimum Gasteiger partial charge on any atom is -0.343 e. The van der Waals surface area contributed by atoms with Gasteiger partial charge in [-0.2, -0.15) is 4.31 Å². The number of hydrogen-bond donors (Lipinski definition) is 2. The lowest BCUT2D eigenvalue weighted by molar-refractivity contribution is -0.115. The second-order valence-electron chi connectivity index (χ2n) is 7.49. The van der Waals surface area contributed by atoms with Crippen molar-refractivity contribution in [1.29, 1.82) is 0 Å². The molecule has 2 amide bonds. The van der Waals surface area contributed by atoms with Crippen LogP contribution >= 0.6 is 23.2 Å². The van der Waals surface area contributed by atoms with Crippen molar-refractivity contribution < 1.29 is 18.0 Å². The maximum Gasteiger partial charge on any atom is 0.251 e. The molecule has 3 rings (SSSR count). The topological polar surface area (TPSA) is 95.6 Å². The fraction of sp³-hybridized carbons (Fsp3) is 0.333. The van der Waals surface area contributed by atoms with Crippen LogP contribution in [0.3, 0.4) is 0 Å². The van der Waals surface area contributed by atoms with Crippen molar-refractivity contribution in [3.05, 3.63) is 58.1 Å². The number of benzene rings is 2. The lowest BCUT2D eigenvalue weighted by atomic mass is 10.0. The Labute approximate surface area is 191 Å². The summed E-state index contributed by atoms with van der Waals surface area (Å²) in [5.74, 6) is -0.652. The van der Waals surface area contributed by atoms with Gasteiger partial charge in [-0.05, 0) is 61.2 Å². The fourth-order valence-corrected chi connectivity index (χ4v) is 5.28. The molecule has 2 aromatic carbocycles. The summed E-state index contributed by atoms with van der Waals surface area (Å²) in [4.78, 5) is 24.6. The Morgan fingerprint density at radius 3 is 2.52 bits per heavy atom. The Hall–Kier alpha value is -2.13. The Kier molecular flexibility index (Phi) is 7.59. The highest BCUT2D eigenvalue weighted by atomic mass is 35.5. The van der Waals surface area contributed by atoms with Crippen LogP contribution in [0.5, 0.6) is 0 Å². The largest absolute Gasteiger partial charge is 0.343 e. The van der Waals surface area contributed by atoms with Crippen molar-refractivity contribution in [1.82, 2.24) is 9.62 Å². The van der Waals surface area contributed by atoms with E-state index in [1.54, 1.807) is 12.1 Å². The summed E-state index contributed by atoms with van der Waals surface area (Å²) in [6.07, 6.45) is 1.85. The van der Waals surface area contributed by atoms with Gasteiger partial charge in [-0.25, -0.2) is 8.42 Å². The second-order valence-corrected chi connectivity index (χ2v) is 10.3. The lowest BCUT2D eigenvalue weighted by Crippen LogP contribution is -2.39. The van der Waals surface area contributed by atoms with Crippen LogP contribution in [-0.4, -0.2) is 44.2 Å². The van der Waals surface area contributed by atoms with E-state index in [1.807, 2.05) is 6.92 Å². The van der Waals surface area contributed by atoms with Crippen LogP contribution in [0.4, 0.5) is 5.69 Å². The Morgan fingerprint density at radius 1 is 1.13 bits per heavy atom. The first-order valence-electron chi connectivity index (χ1n) is 9.80. The number of nitrogens with one attached hydrogen (secondary N) is 2. The van der Waals surface area contributed by atoms with E-state index in [0.29, 0.717) is 34.7 Å². The number of sulfonamides is 1. The quantitative estimate of drug-likeness (QED) is 0.653. The van der Waals surface area contributed by atoms with Crippen LogP contribution in [-0.2, 0) is 14.8 Å². The number of anilines is 1. The van der Waals surface area contributed by atoms with Gasteiger partial charge in [-0.3, -0.25) is 9.59 Å². The number of nitrogens with zero attached hydrogens (tertiary/aromatic N) is 1. The maximum absolute atomic E-state index is 12.8. The van der Waals surface area contributed by atoms with Crippen LogP contribution in [0.2, 0.25) is 10.0 Å². The van der Waals surface area contributed by atoms with Crippen molar-refractivity contribution in [3.63, 3.8) is 0 Å². The molecule has 1 fully saturated rings. The van der Waals surface area contributed by atoms with E-state index in [-0.39, 0.29) is 17.0 Å². The van der Waals surface area contributed by atoms with Gasteiger partial charge in [0.05, 0.1) is 22.2 Å². The summed E-state index contributed by atoms with van der Waals surface area (Å²) in [6, 6.07) is 10.3. The molecule has 0 aliphatic carbocycles. The molecule has 2 N–H and O–H groups in total. The van der Waals surface area contributed by atoms with Gasteiger partial charge in [0.1, 0.15) is 0 Å². The van der Waals surface area contributed by atoms with Gasteiger partial charge in [-0.1, -0.05) is 30.1 Å². The molecule has 1 atom stereocenters. The summed E-state index contributed by atoms with van der Waals surface area (Å²) in [5.41, 5.74) is 0.592. The molecule has 166 valence electrons. The minimum absolute atomic E-state index is 0.145. The summed E-state index contributed by atoms with van der Waals surface area (Å²) in [7, 11) is -3.59. The Balaban J connectivity index is 1.59. The molecule has 1 heterocycles. The van der Waals surface area contributed by atoms with Gasteiger partial charge >= 0.3 is 0 Å². The highest BCUT2D eigenvalue weighted by Crippen LogP contribution is 2.25. The molecule has 10 heteroatoms.